The van der Waals surface area contributed by atoms with Gasteiger partial charge in [0.25, 0.3) is 0 Å². The fourth-order valence-corrected chi connectivity index (χ4v) is 6.84. The zero-order valence-corrected chi connectivity index (χ0v) is 24.7. The summed E-state index contributed by atoms with van der Waals surface area (Å²) >= 11 is 1.83. The van der Waals surface area contributed by atoms with E-state index >= 15 is 0 Å². The second-order valence-corrected chi connectivity index (χ2v) is 11.6. The molecule has 3 aromatic heterocycles. The maximum Gasteiger partial charge on any atom is 0.312 e. The molecule has 40 heavy (non-hydrogen) atoms. The minimum Gasteiger partial charge on any atom is -0.296 e. The van der Waals surface area contributed by atoms with Gasteiger partial charge in [-0.15, -0.1) is 23.8 Å². The van der Waals surface area contributed by atoms with E-state index in [-0.39, 0.29) is 25.1 Å². The third-order valence-electron chi connectivity index (χ3n) is 6.84. The average molecular weight is 736 g/mol. The Morgan fingerprint density at radius 1 is 0.750 bits per heavy atom. The Labute approximate surface area is 248 Å². The summed E-state index contributed by atoms with van der Waals surface area (Å²) in [6.07, 6.45) is 1.29. The Hall–Kier alpha value is -3.78. The van der Waals surface area contributed by atoms with Crippen molar-refractivity contribution < 1.29 is 33.1 Å². The quantitative estimate of drug-likeness (QED) is 0.144. The molecule has 0 saturated heterocycles. The molecule has 0 amide bonds. The van der Waals surface area contributed by atoms with E-state index < -0.39 is 10.1 Å². The van der Waals surface area contributed by atoms with E-state index in [1.54, 1.807) is 6.07 Å². The van der Waals surface area contributed by atoms with Crippen LogP contribution in [0.5, 0.6) is 0 Å². The molecular weight excluding hydrogens is 717 g/mol. The predicted octanol–water partition coefficient (Wildman–Crippen LogP) is 8.04. The van der Waals surface area contributed by atoms with Gasteiger partial charge in [-0.25, -0.2) is 4.98 Å². The molecule has 8 heteroatoms. The maximum atomic E-state index is 10.3. The molecule has 3 heterocycles. The van der Waals surface area contributed by atoms with Gasteiger partial charge in [0.2, 0.25) is 0 Å². The van der Waals surface area contributed by atoms with Gasteiger partial charge in [0, 0.05) is 36.4 Å². The van der Waals surface area contributed by atoms with E-state index in [2.05, 4.69) is 89.9 Å². The van der Waals surface area contributed by atoms with Crippen LogP contribution in [0.2, 0.25) is 0 Å². The molecule has 0 spiro atoms. The number of nitrogens with zero attached hydrogens (tertiary/aromatic N) is 2. The first-order valence-corrected chi connectivity index (χ1v) is 14.5. The SMILES string of the molecule is O=S(=O)(O)c1ccccn1.[Ir].[c-]1ccc2c(sc3ccccc32)c1-c1cc2c3c(cccc3n1)-c1ccccc1-2. The molecule has 0 unspecified atom stereocenters. The third-order valence-corrected chi connectivity index (χ3v) is 8.81. The first-order chi connectivity index (χ1) is 19.0. The standard InChI is InChI=1S/C27H14NS.C5H5NO3S.Ir/c1-2-8-17-16(7-1)19-10-6-13-23-26(19)22(17)15-24(28-23)21-12-5-11-20-18-9-3-4-14-25(18)29-27(20)21;7-10(8,9)5-3-1-2-4-6-5;/h1-11,13-15H;1-4H,(H,7,8,9);/q-1;;. The summed E-state index contributed by atoms with van der Waals surface area (Å²) in [6.45, 7) is 0. The Kier molecular flexibility index (Phi) is 6.82. The summed E-state index contributed by atoms with van der Waals surface area (Å²) in [6, 6.07) is 37.9. The Bertz CT molecular complexity index is 2160. The Morgan fingerprint density at radius 3 is 2.23 bits per heavy atom. The van der Waals surface area contributed by atoms with Crippen LogP contribution >= 0.6 is 11.3 Å². The number of benzene rings is 4. The van der Waals surface area contributed by atoms with Gasteiger partial charge in [-0.3, -0.25) is 9.54 Å². The molecule has 1 aliphatic carbocycles. The number of thiophene rings is 1. The second-order valence-electron chi connectivity index (χ2n) is 9.14. The summed E-state index contributed by atoms with van der Waals surface area (Å²) in [5.41, 5.74) is 8.31. The molecule has 8 rings (SSSR count). The molecule has 0 bridgehead atoms. The van der Waals surface area contributed by atoms with E-state index in [1.807, 2.05) is 17.4 Å². The Balaban J connectivity index is 0.000000226. The molecule has 197 valence electrons. The minimum absolute atomic E-state index is 0. The molecule has 7 aromatic rings. The van der Waals surface area contributed by atoms with Crippen LogP contribution in [-0.2, 0) is 30.2 Å². The van der Waals surface area contributed by atoms with E-state index in [1.165, 1.54) is 66.1 Å². The zero-order valence-electron chi connectivity index (χ0n) is 20.7. The van der Waals surface area contributed by atoms with Crippen molar-refractivity contribution in [3.05, 3.63) is 115 Å². The fraction of sp³-hybridized carbons (Fsp3) is 0. The van der Waals surface area contributed by atoms with Gasteiger partial charge in [-0.05, 0) is 62.3 Å². The van der Waals surface area contributed by atoms with Crippen molar-refractivity contribution in [2.24, 2.45) is 0 Å². The topological polar surface area (TPSA) is 80.2 Å². The number of aromatic nitrogens is 2. The van der Waals surface area contributed by atoms with E-state index in [0.717, 1.165) is 16.8 Å². The molecule has 1 aliphatic rings. The molecular formula is C32H19IrN2O3S2-. The van der Waals surface area contributed by atoms with Crippen LogP contribution in [0.4, 0.5) is 0 Å². The van der Waals surface area contributed by atoms with Gasteiger partial charge >= 0.3 is 10.1 Å². The number of pyridine rings is 2. The van der Waals surface area contributed by atoms with Gasteiger partial charge in [0.05, 0.1) is 5.52 Å². The van der Waals surface area contributed by atoms with Gasteiger partial charge in [0.15, 0.2) is 5.03 Å². The normalized spacial score (nSPS) is 11.6. The molecule has 0 aliphatic heterocycles. The molecule has 0 fully saturated rings. The number of hydrogen-bond acceptors (Lipinski definition) is 5. The summed E-state index contributed by atoms with van der Waals surface area (Å²) in [7, 11) is -4.11. The number of fused-ring (bicyclic) bond motifs is 6. The second kappa shape index (κ2) is 10.3. The smallest absolute Gasteiger partial charge is 0.296 e. The first-order valence-electron chi connectivity index (χ1n) is 12.2. The van der Waals surface area contributed by atoms with Crippen LogP contribution in [0.1, 0.15) is 0 Å². The van der Waals surface area contributed by atoms with Gasteiger partial charge in [-0.1, -0.05) is 72.1 Å². The Morgan fingerprint density at radius 2 is 1.48 bits per heavy atom. The summed E-state index contributed by atoms with van der Waals surface area (Å²) in [5, 5.41) is 3.53. The maximum absolute atomic E-state index is 10.3. The fourth-order valence-electron chi connectivity index (χ4n) is 5.19. The van der Waals surface area contributed by atoms with Crippen LogP contribution in [-0.4, -0.2) is 22.9 Å². The van der Waals surface area contributed by atoms with Crippen molar-refractivity contribution in [3.63, 3.8) is 0 Å². The monoisotopic (exact) mass is 736 g/mol. The minimum atomic E-state index is -4.11. The van der Waals surface area contributed by atoms with E-state index in [9.17, 15) is 8.42 Å². The van der Waals surface area contributed by atoms with E-state index in [4.69, 9.17) is 9.54 Å². The predicted molar refractivity (Wildman–Crippen MR) is 157 cm³/mol. The molecule has 4 aromatic carbocycles. The average Bonchev–Trinajstić information content (AvgIpc) is 3.51. The number of rotatable bonds is 2. The molecule has 0 atom stereocenters. The van der Waals surface area contributed by atoms with E-state index in [0.29, 0.717) is 0 Å². The van der Waals surface area contributed by atoms with Crippen LogP contribution in [0.25, 0.3) is 64.6 Å². The first kappa shape index (κ1) is 26.4. The summed E-state index contributed by atoms with van der Waals surface area (Å²) in [5.74, 6) is 0. The van der Waals surface area contributed by atoms with Crippen molar-refractivity contribution in [2.75, 3.05) is 0 Å². The summed E-state index contributed by atoms with van der Waals surface area (Å²) < 4.78 is 31.6. The van der Waals surface area contributed by atoms with Crippen molar-refractivity contribution in [2.45, 2.75) is 5.03 Å². The van der Waals surface area contributed by atoms with Gasteiger partial charge in [0.1, 0.15) is 0 Å². The molecule has 0 saturated carbocycles. The van der Waals surface area contributed by atoms with Crippen molar-refractivity contribution >= 4 is 52.5 Å². The van der Waals surface area contributed by atoms with Gasteiger partial charge in [-0.2, -0.15) is 19.8 Å². The molecule has 1 radical (unpaired) electrons. The van der Waals surface area contributed by atoms with Crippen LogP contribution in [0, 0.1) is 6.07 Å². The van der Waals surface area contributed by atoms with Crippen LogP contribution in [0.3, 0.4) is 0 Å². The van der Waals surface area contributed by atoms with Crippen molar-refractivity contribution in [1.82, 2.24) is 9.97 Å². The van der Waals surface area contributed by atoms with Crippen LogP contribution in [0.15, 0.2) is 114 Å². The molecule has 5 nitrogen and oxygen atoms in total. The van der Waals surface area contributed by atoms with Gasteiger partial charge < -0.3 is 0 Å². The third kappa shape index (κ3) is 4.44. The molecule has 1 N–H and O–H groups in total. The summed E-state index contributed by atoms with van der Waals surface area (Å²) in [4.78, 5) is 8.50. The zero-order chi connectivity index (χ0) is 26.6. The van der Waals surface area contributed by atoms with Crippen molar-refractivity contribution in [1.29, 1.82) is 0 Å². The largest absolute Gasteiger partial charge is 0.312 e. The van der Waals surface area contributed by atoms with Crippen molar-refractivity contribution in [3.8, 4) is 33.5 Å². The number of hydrogen-bond donors (Lipinski definition) is 1. The van der Waals surface area contributed by atoms with Crippen LogP contribution < -0.4 is 0 Å².